The molecule has 0 saturated heterocycles. The maximum Gasteiger partial charge on any atom is 0.245 e. The van der Waals surface area contributed by atoms with Crippen molar-refractivity contribution in [2.24, 2.45) is 0 Å². The monoisotopic (exact) mass is 324 g/mol. The largest absolute Gasteiger partial charge is 0.398 e. The van der Waals surface area contributed by atoms with Crippen molar-refractivity contribution in [3.63, 3.8) is 0 Å². The highest BCUT2D eigenvalue weighted by Gasteiger charge is 2.25. The average molecular weight is 325 g/mol. The summed E-state index contributed by atoms with van der Waals surface area (Å²) in [4.78, 5) is 0.124. The van der Waals surface area contributed by atoms with E-state index in [1.165, 1.54) is 10.4 Å². The van der Waals surface area contributed by atoms with Gasteiger partial charge in [-0.3, -0.25) is 0 Å². The molecule has 6 heteroatoms. The Morgan fingerprint density at radius 2 is 1.71 bits per heavy atom. The molecule has 0 aromatic heterocycles. The molecule has 0 saturated carbocycles. The number of nitrogens with zero attached hydrogens (tertiary/aromatic N) is 1. The lowest BCUT2D eigenvalue weighted by molar-refractivity contribution is 0.424. The number of rotatable bonds is 5. The quantitative estimate of drug-likeness (QED) is 0.859. The molecular formula is C15H17ClN2O2S. The molecule has 0 heterocycles. The summed E-state index contributed by atoms with van der Waals surface area (Å²) in [6, 6.07) is 13.7. The highest BCUT2D eigenvalue weighted by atomic mass is 35.5. The van der Waals surface area contributed by atoms with Gasteiger partial charge in [-0.15, -0.1) is 0 Å². The van der Waals surface area contributed by atoms with E-state index in [1.807, 2.05) is 18.2 Å². The van der Waals surface area contributed by atoms with E-state index in [-0.39, 0.29) is 17.1 Å². The molecule has 0 spiro atoms. The molecule has 2 rings (SSSR count). The van der Waals surface area contributed by atoms with Crippen LogP contribution < -0.4 is 5.73 Å². The third-order valence-electron chi connectivity index (χ3n) is 3.19. The lowest BCUT2D eigenvalue weighted by Gasteiger charge is -2.22. The minimum absolute atomic E-state index is 0.124. The van der Waals surface area contributed by atoms with Gasteiger partial charge in [-0.05, 0) is 23.8 Å². The first-order valence-corrected chi connectivity index (χ1v) is 8.36. The first-order chi connectivity index (χ1) is 9.96. The van der Waals surface area contributed by atoms with E-state index in [0.29, 0.717) is 11.6 Å². The van der Waals surface area contributed by atoms with Crippen LogP contribution in [-0.4, -0.2) is 19.3 Å². The predicted octanol–water partition coefficient (Wildman–Crippen LogP) is 3.13. The van der Waals surface area contributed by atoms with E-state index in [9.17, 15) is 8.42 Å². The van der Waals surface area contributed by atoms with Gasteiger partial charge in [-0.1, -0.05) is 48.9 Å². The molecule has 2 aromatic rings. The van der Waals surface area contributed by atoms with Crippen LogP contribution in [0.2, 0.25) is 5.02 Å². The zero-order chi connectivity index (χ0) is 15.5. The molecule has 112 valence electrons. The van der Waals surface area contributed by atoms with E-state index >= 15 is 0 Å². The Hall–Kier alpha value is -1.56. The third kappa shape index (κ3) is 3.37. The second kappa shape index (κ2) is 6.47. The molecule has 0 aliphatic rings. The van der Waals surface area contributed by atoms with Gasteiger partial charge in [-0.2, -0.15) is 4.31 Å². The Kier molecular flexibility index (Phi) is 4.88. The number of sulfonamides is 1. The van der Waals surface area contributed by atoms with E-state index < -0.39 is 10.0 Å². The van der Waals surface area contributed by atoms with Crippen LogP contribution >= 0.6 is 11.6 Å². The fraction of sp³-hybridized carbons (Fsp3) is 0.200. The Morgan fingerprint density at radius 1 is 1.10 bits per heavy atom. The Bertz CT molecular complexity index is 732. The molecule has 0 atom stereocenters. The zero-order valence-electron chi connectivity index (χ0n) is 11.7. The van der Waals surface area contributed by atoms with Crippen molar-refractivity contribution < 1.29 is 8.42 Å². The molecule has 0 fully saturated rings. The van der Waals surface area contributed by atoms with Crippen molar-refractivity contribution >= 4 is 27.3 Å². The highest BCUT2D eigenvalue weighted by molar-refractivity contribution is 7.89. The number of hydrogen-bond donors (Lipinski definition) is 1. The SMILES string of the molecule is CCN(Cc1ccccc1Cl)S(=O)(=O)c1ccccc1N. The van der Waals surface area contributed by atoms with Crippen LogP contribution in [0, 0.1) is 0 Å². The fourth-order valence-electron chi connectivity index (χ4n) is 2.04. The first-order valence-electron chi connectivity index (χ1n) is 6.55. The average Bonchev–Trinajstić information content (AvgIpc) is 2.46. The Morgan fingerprint density at radius 3 is 2.33 bits per heavy atom. The molecule has 0 bridgehead atoms. The van der Waals surface area contributed by atoms with Crippen LogP contribution in [0.3, 0.4) is 0 Å². The van der Waals surface area contributed by atoms with Crippen molar-refractivity contribution in [2.75, 3.05) is 12.3 Å². The molecular weight excluding hydrogens is 308 g/mol. The molecule has 4 nitrogen and oxygen atoms in total. The molecule has 0 amide bonds. The molecule has 21 heavy (non-hydrogen) atoms. The lowest BCUT2D eigenvalue weighted by atomic mass is 10.2. The van der Waals surface area contributed by atoms with Crippen LogP contribution in [0.25, 0.3) is 0 Å². The van der Waals surface area contributed by atoms with Gasteiger partial charge < -0.3 is 5.73 Å². The minimum atomic E-state index is -3.65. The molecule has 2 N–H and O–H groups in total. The molecule has 0 radical (unpaired) electrons. The van der Waals surface area contributed by atoms with Gasteiger partial charge in [0.15, 0.2) is 0 Å². The number of para-hydroxylation sites is 1. The van der Waals surface area contributed by atoms with Gasteiger partial charge in [-0.25, -0.2) is 8.42 Å². The molecule has 2 aromatic carbocycles. The van der Waals surface area contributed by atoms with Gasteiger partial charge >= 0.3 is 0 Å². The summed E-state index contributed by atoms with van der Waals surface area (Å²) in [5.41, 5.74) is 6.80. The number of nitrogens with two attached hydrogens (primary N) is 1. The number of benzene rings is 2. The number of halogens is 1. The van der Waals surface area contributed by atoms with Crippen molar-refractivity contribution in [1.29, 1.82) is 0 Å². The van der Waals surface area contributed by atoms with Crippen molar-refractivity contribution in [3.05, 3.63) is 59.1 Å². The fourth-order valence-corrected chi connectivity index (χ4v) is 3.78. The smallest absolute Gasteiger partial charge is 0.245 e. The lowest BCUT2D eigenvalue weighted by Crippen LogP contribution is -2.31. The summed E-state index contributed by atoms with van der Waals surface area (Å²) in [6.07, 6.45) is 0. The van der Waals surface area contributed by atoms with Crippen molar-refractivity contribution in [3.8, 4) is 0 Å². The zero-order valence-corrected chi connectivity index (χ0v) is 13.2. The number of hydrogen-bond acceptors (Lipinski definition) is 3. The summed E-state index contributed by atoms with van der Waals surface area (Å²) in [5, 5.41) is 0.548. The van der Waals surface area contributed by atoms with Crippen LogP contribution in [0.1, 0.15) is 12.5 Å². The second-order valence-electron chi connectivity index (χ2n) is 4.56. The van der Waals surface area contributed by atoms with Crippen molar-refractivity contribution in [2.45, 2.75) is 18.4 Å². The standard InChI is InChI=1S/C15H17ClN2O2S/c1-2-18(11-12-7-3-4-8-13(12)16)21(19,20)15-10-6-5-9-14(15)17/h3-10H,2,11,17H2,1H3. The summed E-state index contributed by atoms with van der Waals surface area (Å²) >= 11 is 6.11. The minimum Gasteiger partial charge on any atom is -0.398 e. The maximum absolute atomic E-state index is 12.7. The van der Waals surface area contributed by atoms with Crippen LogP contribution in [-0.2, 0) is 16.6 Å². The van der Waals surface area contributed by atoms with E-state index in [2.05, 4.69) is 0 Å². The van der Waals surface area contributed by atoms with Crippen LogP contribution in [0.15, 0.2) is 53.4 Å². The van der Waals surface area contributed by atoms with Gasteiger partial charge in [0.2, 0.25) is 10.0 Å². The summed E-state index contributed by atoms with van der Waals surface area (Å²) < 4.78 is 26.8. The number of anilines is 1. The van der Waals surface area contributed by atoms with E-state index in [4.69, 9.17) is 17.3 Å². The van der Waals surface area contributed by atoms with Gasteiger partial charge in [0.25, 0.3) is 0 Å². The predicted molar refractivity (Wildman–Crippen MR) is 85.6 cm³/mol. The summed E-state index contributed by atoms with van der Waals surface area (Å²) in [6.45, 7) is 2.34. The molecule has 0 aliphatic carbocycles. The van der Waals surface area contributed by atoms with Crippen molar-refractivity contribution in [1.82, 2.24) is 4.31 Å². The first kappa shape index (κ1) is 15.8. The summed E-state index contributed by atoms with van der Waals surface area (Å²) in [7, 11) is -3.65. The third-order valence-corrected chi connectivity index (χ3v) is 5.56. The topological polar surface area (TPSA) is 63.4 Å². The second-order valence-corrected chi connectivity index (χ2v) is 6.87. The van der Waals surface area contributed by atoms with Gasteiger partial charge in [0, 0.05) is 18.1 Å². The molecule has 0 unspecified atom stereocenters. The van der Waals surface area contributed by atoms with Crippen LogP contribution in [0.4, 0.5) is 5.69 Å². The normalized spacial score (nSPS) is 11.8. The Labute approximate surface area is 130 Å². The van der Waals surface area contributed by atoms with Crippen LogP contribution in [0.5, 0.6) is 0 Å². The van der Waals surface area contributed by atoms with Gasteiger partial charge in [0.1, 0.15) is 4.90 Å². The summed E-state index contributed by atoms with van der Waals surface area (Å²) in [5.74, 6) is 0. The Balaban J connectivity index is 2.37. The molecule has 0 aliphatic heterocycles. The number of nitrogen functional groups attached to an aromatic ring is 1. The van der Waals surface area contributed by atoms with Gasteiger partial charge in [0.05, 0.1) is 5.69 Å². The van der Waals surface area contributed by atoms with E-state index in [1.54, 1.807) is 31.2 Å². The maximum atomic E-state index is 12.7. The van der Waals surface area contributed by atoms with E-state index in [0.717, 1.165) is 5.56 Å². The highest BCUT2D eigenvalue weighted by Crippen LogP contribution is 2.25.